The van der Waals surface area contributed by atoms with E-state index in [-0.39, 0.29) is 18.6 Å². The lowest BCUT2D eigenvalue weighted by molar-refractivity contribution is 0.237. The number of pyridine rings is 1. The number of nitrogens with one attached hydrogen (secondary N) is 2. The van der Waals surface area contributed by atoms with Crippen LogP contribution in [0, 0.1) is 0 Å². The molecule has 1 heterocycles. The molecule has 2 aromatic rings. The summed E-state index contributed by atoms with van der Waals surface area (Å²) in [5.41, 5.74) is 1.93. The largest absolute Gasteiger partial charge is 0.396 e. The standard InChI is InChI=1S/C17H21N3O2/c21-11-9-15(14-6-2-1-3-7-14)12-19-17(22)20-13-16-8-4-5-10-18-16/h1-8,10,15,21H,9,11-13H2,(H2,19,20,22). The molecule has 0 radical (unpaired) electrons. The van der Waals surface area contributed by atoms with Gasteiger partial charge in [-0.2, -0.15) is 0 Å². The highest BCUT2D eigenvalue weighted by atomic mass is 16.3. The number of carbonyl (C=O) groups is 1. The summed E-state index contributed by atoms with van der Waals surface area (Å²) in [6.45, 7) is 0.970. The van der Waals surface area contributed by atoms with Crippen LogP contribution in [0.1, 0.15) is 23.6 Å². The molecule has 5 nitrogen and oxygen atoms in total. The predicted molar refractivity (Wildman–Crippen MR) is 85.4 cm³/mol. The lowest BCUT2D eigenvalue weighted by atomic mass is 9.96. The van der Waals surface area contributed by atoms with Gasteiger partial charge in [0.1, 0.15) is 0 Å². The van der Waals surface area contributed by atoms with Gasteiger partial charge in [0.05, 0.1) is 12.2 Å². The first kappa shape index (κ1) is 16.0. The molecule has 0 saturated carbocycles. The van der Waals surface area contributed by atoms with E-state index >= 15 is 0 Å². The third-order valence-corrected chi connectivity index (χ3v) is 3.41. The molecule has 0 aliphatic heterocycles. The number of nitrogens with zero attached hydrogens (tertiary/aromatic N) is 1. The van der Waals surface area contributed by atoms with Gasteiger partial charge in [0.25, 0.3) is 0 Å². The summed E-state index contributed by atoms with van der Waals surface area (Å²) in [4.78, 5) is 16.0. The molecule has 0 spiro atoms. The molecule has 2 rings (SSSR count). The van der Waals surface area contributed by atoms with Crippen LogP contribution in [-0.4, -0.2) is 29.3 Å². The van der Waals surface area contributed by atoms with Crippen molar-refractivity contribution >= 4 is 6.03 Å². The fraction of sp³-hybridized carbons (Fsp3) is 0.294. The number of urea groups is 1. The second-order valence-corrected chi connectivity index (χ2v) is 5.00. The van der Waals surface area contributed by atoms with Crippen molar-refractivity contribution in [2.24, 2.45) is 0 Å². The quantitative estimate of drug-likeness (QED) is 0.732. The molecule has 0 saturated heterocycles. The van der Waals surface area contributed by atoms with Crippen molar-refractivity contribution < 1.29 is 9.90 Å². The molecular formula is C17H21N3O2. The average molecular weight is 299 g/mol. The van der Waals surface area contributed by atoms with E-state index in [4.69, 9.17) is 0 Å². The first-order valence-corrected chi connectivity index (χ1v) is 7.37. The van der Waals surface area contributed by atoms with Gasteiger partial charge in [-0.3, -0.25) is 4.98 Å². The first-order valence-electron chi connectivity index (χ1n) is 7.37. The lowest BCUT2D eigenvalue weighted by Gasteiger charge is -2.17. The van der Waals surface area contributed by atoms with Crippen LogP contribution >= 0.6 is 0 Å². The van der Waals surface area contributed by atoms with Crippen molar-refractivity contribution in [3.63, 3.8) is 0 Å². The summed E-state index contributed by atoms with van der Waals surface area (Å²) in [6, 6.07) is 15.2. The predicted octanol–water partition coefficient (Wildman–Crippen LogP) is 2.05. The highest BCUT2D eigenvalue weighted by molar-refractivity contribution is 5.73. The maximum Gasteiger partial charge on any atom is 0.315 e. The minimum absolute atomic E-state index is 0.0940. The Kier molecular flexibility index (Phi) is 6.39. The van der Waals surface area contributed by atoms with Gasteiger partial charge in [-0.15, -0.1) is 0 Å². The third-order valence-electron chi connectivity index (χ3n) is 3.41. The van der Waals surface area contributed by atoms with Crippen LogP contribution in [0.4, 0.5) is 4.79 Å². The van der Waals surface area contributed by atoms with Crippen LogP contribution in [0.3, 0.4) is 0 Å². The van der Waals surface area contributed by atoms with E-state index in [0.717, 1.165) is 11.3 Å². The van der Waals surface area contributed by atoms with Gasteiger partial charge in [0.2, 0.25) is 0 Å². The van der Waals surface area contributed by atoms with Crippen molar-refractivity contribution in [1.29, 1.82) is 0 Å². The van der Waals surface area contributed by atoms with Crippen LogP contribution < -0.4 is 10.6 Å². The number of aromatic nitrogens is 1. The van der Waals surface area contributed by atoms with Gasteiger partial charge in [-0.05, 0) is 24.1 Å². The Morgan fingerprint density at radius 3 is 2.55 bits per heavy atom. The molecule has 116 valence electrons. The van der Waals surface area contributed by atoms with Crippen LogP contribution in [0.5, 0.6) is 0 Å². The number of aliphatic hydroxyl groups is 1. The van der Waals surface area contributed by atoms with E-state index in [1.54, 1.807) is 6.20 Å². The molecule has 3 N–H and O–H groups in total. The summed E-state index contributed by atoms with van der Waals surface area (Å²) in [6.07, 6.45) is 2.31. The van der Waals surface area contributed by atoms with E-state index in [1.807, 2.05) is 48.5 Å². The molecule has 5 heteroatoms. The molecular weight excluding hydrogens is 278 g/mol. The maximum absolute atomic E-state index is 11.8. The van der Waals surface area contributed by atoms with Crippen LogP contribution in [0.25, 0.3) is 0 Å². The third kappa shape index (κ3) is 5.18. The van der Waals surface area contributed by atoms with Crippen molar-refractivity contribution in [1.82, 2.24) is 15.6 Å². The first-order chi connectivity index (χ1) is 10.8. The Balaban J connectivity index is 1.80. The van der Waals surface area contributed by atoms with Gasteiger partial charge in [0, 0.05) is 25.3 Å². The zero-order valence-corrected chi connectivity index (χ0v) is 12.4. The minimum atomic E-state index is -0.232. The summed E-state index contributed by atoms with van der Waals surface area (Å²) in [5.74, 6) is 0.104. The summed E-state index contributed by atoms with van der Waals surface area (Å²) in [5, 5.41) is 14.8. The van der Waals surface area contributed by atoms with Crippen molar-refractivity contribution in [3.8, 4) is 0 Å². The summed E-state index contributed by atoms with van der Waals surface area (Å²) >= 11 is 0. The number of hydrogen-bond acceptors (Lipinski definition) is 3. The normalized spacial score (nSPS) is 11.7. The number of benzene rings is 1. The smallest absolute Gasteiger partial charge is 0.315 e. The summed E-state index contributed by atoms with van der Waals surface area (Å²) < 4.78 is 0. The molecule has 1 aromatic carbocycles. The van der Waals surface area contributed by atoms with E-state index in [1.165, 1.54) is 0 Å². The number of carbonyl (C=O) groups excluding carboxylic acids is 1. The number of aliphatic hydroxyl groups excluding tert-OH is 1. The molecule has 1 aromatic heterocycles. The van der Waals surface area contributed by atoms with Gasteiger partial charge in [0.15, 0.2) is 0 Å². The number of hydrogen-bond donors (Lipinski definition) is 3. The summed E-state index contributed by atoms with van der Waals surface area (Å²) in [7, 11) is 0. The van der Waals surface area contributed by atoms with Crippen LogP contribution in [0.15, 0.2) is 54.7 Å². The van der Waals surface area contributed by atoms with Crippen LogP contribution in [0.2, 0.25) is 0 Å². The van der Waals surface area contributed by atoms with E-state index < -0.39 is 0 Å². The second kappa shape index (κ2) is 8.79. The SMILES string of the molecule is O=C(NCc1ccccn1)NCC(CCO)c1ccccc1. The van der Waals surface area contributed by atoms with Crippen molar-refractivity contribution in [2.45, 2.75) is 18.9 Å². The maximum atomic E-state index is 11.8. The Morgan fingerprint density at radius 2 is 1.86 bits per heavy atom. The topological polar surface area (TPSA) is 74.2 Å². The molecule has 2 amide bonds. The average Bonchev–Trinajstić information content (AvgIpc) is 2.58. The van der Waals surface area contributed by atoms with Crippen molar-refractivity contribution in [3.05, 3.63) is 66.0 Å². The monoisotopic (exact) mass is 299 g/mol. The van der Waals surface area contributed by atoms with Crippen molar-refractivity contribution in [2.75, 3.05) is 13.2 Å². The number of rotatable bonds is 7. The molecule has 1 unspecified atom stereocenters. The second-order valence-electron chi connectivity index (χ2n) is 5.00. The Morgan fingerprint density at radius 1 is 1.09 bits per heavy atom. The molecule has 0 aliphatic carbocycles. The van der Waals surface area contributed by atoms with Gasteiger partial charge < -0.3 is 15.7 Å². The lowest BCUT2D eigenvalue weighted by Crippen LogP contribution is -2.37. The molecule has 0 fully saturated rings. The van der Waals surface area contributed by atoms with Crippen LogP contribution in [-0.2, 0) is 6.54 Å². The van der Waals surface area contributed by atoms with E-state index in [2.05, 4.69) is 15.6 Å². The fourth-order valence-corrected chi connectivity index (χ4v) is 2.22. The van der Waals surface area contributed by atoms with Gasteiger partial charge in [-0.25, -0.2) is 4.79 Å². The Hall–Kier alpha value is -2.40. The van der Waals surface area contributed by atoms with E-state index in [9.17, 15) is 9.90 Å². The van der Waals surface area contributed by atoms with Gasteiger partial charge >= 0.3 is 6.03 Å². The Labute approximate surface area is 130 Å². The van der Waals surface area contributed by atoms with Gasteiger partial charge in [-0.1, -0.05) is 36.4 Å². The molecule has 0 aliphatic rings. The van der Waals surface area contributed by atoms with E-state index in [0.29, 0.717) is 19.5 Å². The molecule has 22 heavy (non-hydrogen) atoms. The zero-order chi connectivity index (χ0) is 15.6. The zero-order valence-electron chi connectivity index (χ0n) is 12.4. The number of amides is 2. The molecule has 0 bridgehead atoms. The fourth-order valence-electron chi connectivity index (χ4n) is 2.22. The minimum Gasteiger partial charge on any atom is -0.396 e. The molecule has 1 atom stereocenters. The Bertz CT molecular complexity index is 561. The highest BCUT2D eigenvalue weighted by Gasteiger charge is 2.12. The highest BCUT2D eigenvalue weighted by Crippen LogP contribution is 2.17.